The van der Waals surface area contributed by atoms with Gasteiger partial charge in [-0.1, -0.05) is 12.1 Å². The maximum atomic E-state index is 13.0. The first-order valence-corrected chi connectivity index (χ1v) is 8.55. The summed E-state index contributed by atoms with van der Waals surface area (Å²) in [6, 6.07) is 14.9. The number of rotatable bonds is 6. The summed E-state index contributed by atoms with van der Waals surface area (Å²) in [5.74, 6) is 0.562. The second-order valence-electron chi connectivity index (χ2n) is 6.15. The molecular weight excluding hydrogens is 345 g/mol. The molecule has 0 aliphatic heterocycles. The van der Waals surface area contributed by atoms with Crippen LogP contribution in [0.2, 0.25) is 0 Å². The molecule has 1 aromatic heterocycles. The van der Waals surface area contributed by atoms with E-state index in [2.05, 4.69) is 16.4 Å². The van der Waals surface area contributed by atoms with Gasteiger partial charge >= 0.3 is 0 Å². The highest BCUT2D eigenvalue weighted by molar-refractivity contribution is 5.76. The number of amides is 1. The largest absolute Gasteiger partial charge is 0.441 e. The summed E-state index contributed by atoms with van der Waals surface area (Å²) >= 11 is 0. The van der Waals surface area contributed by atoms with Crippen LogP contribution in [-0.2, 0) is 11.2 Å². The smallest absolute Gasteiger partial charge is 0.220 e. The molecular formula is C21H18FN3O2. The van der Waals surface area contributed by atoms with Gasteiger partial charge in [-0.15, -0.1) is 0 Å². The molecule has 1 amide bonds. The molecule has 0 fully saturated rings. The zero-order valence-electron chi connectivity index (χ0n) is 14.8. The Kier molecular flexibility index (Phi) is 5.62. The lowest BCUT2D eigenvalue weighted by Crippen LogP contribution is -2.26. The summed E-state index contributed by atoms with van der Waals surface area (Å²) in [5, 5.41) is 11.7. The fourth-order valence-corrected chi connectivity index (χ4v) is 2.64. The summed E-state index contributed by atoms with van der Waals surface area (Å²) < 4.78 is 18.6. The van der Waals surface area contributed by atoms with Crippen molar-refractivity contribution >= 4 is 5.91 Å². The van der Waals surface area contributed by atoms with Crippen molar-refractivity contribution in [1.82, 2.24) is 10.3 Å². The lowest BCUT2D eigenvalue weighted by Gasteiger charge is -2.14. The fraction of sp³-hybridized carbons (Fsp3) is 0.190. The van der Waals surface area contributed by atoms with Gasteiger partial charge in [0.1, 0.15) is 5.82 Å². The van der Waals surface area contributed by atoms with Crippen LogP contribution >= 0.6 is 0 Å². The second kappa shape index (κ2) is 8.28. The van der Waals surface area contributed by atoms with E-state index >= 15 is 0 Å². The molecule has 1 unspecified atom stereocenters. The van der Waals surface area contributed by atoms with Crippen LogP contribution in [0.4, 0.5) is 4.39 Å². The fourth-order valence-electron chi connectivity index (χ4n) is 2.64. The lowest BCUT2D eigenvalue weighted by atomic mass is 10.1. The summed E-state index contributed by atoms with van der Waals surface area (Å²) in [7, 11) is 0. The van der Waals surface area contributed by atoms with Crippen molar-refractivity contribution in [2.45, 2.75) is 25.8 Å². The first-order chi connectivity index (χ1) is 13.0. The third kappa shape index (κ3) is 4.79. The Bertz CT molecular complexity index is 956. The average molecular weight is 363 g/mol. The van der Waals surface area contributed by atoms with Gasteiger partial charge in [0.2, 0.25) is 5.91 Å². The molecule has 6 heteroatoms. The minimum Gasteiger partial charge on any atom is -0.441 e. The second-order valence-corrected chi connectivity index (χ2v) is 6.15. The Morgan fingerprint density at radius 3 is 2.59 bits per heavy atom. The summed E-state index contributed by atoms with van der Waals surface area (Å²) in [6.07, 6.45) is 2.18. The molecule has 3 rings (SSSR count). The minimum absolute atomic E-state index is 0.117. The van der Waals surface area contributed by atoms with Crippen LogP contribution in [0.3, 0.4) is 0 Å². The van der Waals surface area contributed by atoms with E-state index in [1.165, 1.54) is 12.1 Å². The van der Waals surface area contributed by atoms with Crippen LogP contribution in [0.25, 0.3) is 11.3 Å². The number of nitrogens with one attached hydrogen (secondary N) is 1. The third-order valence-corrected chi connectivity index (χ3v) is 4.17. The van der Waals surface area contributed by atoms with Gasteiger partial charge < -0.3 is 9.73 Å². The van der Waals surface area contributed by atoms with Crippen molar-refractivity contribution in [2.24, 2.45) is 0 Å². The highest BCUT2D eigenvalue weighted by Gasteiger charge is 2.12. The zero-order valence-corrected chi connectivity index (χ0v) is 14.8. The van der Waals surface area contributed by atoms with Crippen molar-refractivity contribution in [1.29, 1.82) is 5.26 Å². The molecule has 136 valence electrons. The maximum Gasteiger partial charge on any atom is 0.220 e. The minimum atomic E-state index is -0.313. The van der Waals surface area contributed by atoms with E-state index in [1.807, 2.05) is 19.1 Å². The van der Waals surface area contributed by atoms with Gasteiger partial charge in [0.15, 0.2) is 11.7 Å². The van der Waals surface area contributed by atoms with Crippen LogP contribution < -0.4 is 5.32 Å². The summed E-state index contributed by atoms with van der Waals surface area (Å²) in [6.45, 7) is 1.89. The van der Waals surface area contributed by atoms with Crippen LogP contribution in [0, 0.1) is 17.1 Å². The highest BCUT2D eigenvalue weighted by atomic mass is 19.1. The highest BCUT2D eigenvalue weighted by Crippen LogP contribution is 2.21. The first-order valence-electron chi connectivity index (χ1n) is 8.55. The quantitative estimate of drug-likeness (QED) is 0.713. The van der Waals surface area contributed by atoms with Crippen LogP contribution in [-0.4, -0.2) is 10.9 Å². The Morgan fingerprint density at radius 1 is 1.22 bits per heavy atom. The molecule has 0 saturated carbocycles. The Balaban J connectivity index is 1.53. The van der Waals surface area contributed by atoms with Crippen molar-refractivity contribution < 1.29 is 13.6 Å². The average Bonchev–Trinajstić information content (AvgIpc) is 3.16. The number of carbonyl (C=O) groups excluding carboxylic acids is 1. The molecule has 5 nitrogen and oxygen atoms in total. The molecule has 1 heterocycles. The normalized spacial score (nSPS) is 11.6. The number of hydrogen-bond donors (Lipinski definition) is 1. The van der Waals surface area contributed by atoms with E-state index in [9.17, 15) is 9.18 Å². The number of oxazole rings is 1. The predicted molar refractivity (Wildman–Crippen MR) is 97.9 cm³/mol. The molecule has 0 spiro atoms. The standard InChI is InChI=1S/C21H18FN3O2/c1-14(16-4-2-15(12-23)3-5-16)25-20(26)10-11-21-24-13-19(27-21)17-6-8-18(22)9-7-17/h2-9,13-14H,10-11H2,1H3,(H,25,26). The van der Waals surface area contributed by atoms with Gasteiger partial charge in [0.05, 0.1) is 23.9 Å². The van der Waals surface area contributed by atoms with Crippen LogP contribution in [0.5, 0.6) is 0 Å². The molecule has 0 saturated heterocycles. The van der Waals surface area contributed by atoms with Gasteiger partial charge in [-0.05, 0) is 48.9 Å². The molecule has 3 aromatic rings. The van der Waals surface area contributed by atoms with E-state index in [0.717, 1.165) is 11.1 Å². The molecule has 0 radical (unpaired) electrons. The van der Waals surface area contributed by atoms with Gasteiger partial charge in [-0.2, -0.15) is 5.26 Å². The van der Waals surface area contributed by atoms with Crippen molar-refractivity contribution in [2.75, 3.05) is 0 Å². The number of benzene rings is 2. The molecule has 0 aliphatic rings. The van der Waals surface area contributed by atoms with E-state index in [0.29, 0.717) is 23.6 Å². The number of hydrogen-bond acceptors (Lipinski definition) is 4. The van der Waals surface area contributed by atoms with Crippen molar-refractivity contribution in [3.8, 4) is 17.4 Å². The maximum absolute atomic E-state index is 13.0. The van der Waals surface area contributed by atoms with Crippen LogP contribution in [0.15, 0.2) is 59.1 Å². The van der Waals surface area contributed by atoms with Gasteiger partial charge in [-0.3, -0.25) is 4.79 Å². The topological polar surface area (TPSA) is 78.9 Å². The molecule has 27 heavy (non-hydrogen) atoms. The van der Waals surface area contributed by atoms with Gasteiger partial charge in [0.25, 0.3) is 0 Å². The first kappa shape index (κ1) is 18.3. The Hall–Kier alpha value is -3.46. The van der Waals surface area contributed by atoms with Gasteiger partial charge in [0, 0.05) is 18.4 Å². The van der Waals surface area contributed by atoms with Crippen molar-refractivity contribution in [3.05, 3.63) is 77.6 Å². The number of nitriles is 1. The predicted octanol–water partition coefficient (Wildman–Crippen LogP) is 4.16. The molecule has 0 aliphatic carbocycles. The molecule has 1 N–H and O–H groups in total. The van der Waals surface area contributed by atoms with Crippen molar-refractivity contribution in [3.63, 3.8) is 0 Å². The molecule has 0 bridgehead atoms. The Labute approximate surface area is 156 Å². The lowest BCUT2D eigenvalue weighted by molar-refractivity contribution is -0.121. The number of carbonyl (C=O) groups is 1. The Morgan fingerprint density at radius 2 is 1.93 bits per heavy atom. The van der Waals surface area contributed by atoms with E-state index in [4.69, 9.17) is 9.68 Å². The SMILES string of the molecule is CC(NC(=O)CCc1ncc(-c2ccc(F)cc2)o1)c1ccc(C#N)cc1. The summed E-state index contributed by atoms with van der Waals surface area (Å²) in [5.41, 5.74) is 2.24. The summed E-state index contributed by atoms with van der Waals surface area (Å²) in [4.78, 5) is 16.3. The van der Waals surface area contributed by atoms with Gasteiger partial charge in [-0.25, -0.2) is 9.37 Å². The monoisotopic (exact) mass is 363 g/mol. The third-order valence-electron chi connectivity index (χ3n) is 4.17. The number of halogens is 1. The zero-order chi connectivity index (χ0) is 19.2. The number of aromatic nitrogens is 1. The van der Waals surface area contributed by atoms with E-state index < -0.39 is 0 Å². The van der Waals surface area contributed by atoms with E-state index in [1.54, 1.807) is 30.5 Å². The van der Waals surface area contributed by atoms with Crippen LogP contribution in [0.1, 0.15) is 36.4 Å². The van der Waals surface area contributed by atoms with E-state index in [-0.39, 0.29) is 24.2 Å². The molecule has 2 aromatic carbocycles. The molecule has 1 atom stereocenters. The number of aryl methyl sites for hydroxylation is 1. The number of nitrogens with zero attached hydrogens (tertiary/aromatic N) is 2.